The van der Waals surface area contributed by atoms with Gasteiger partial charge >= 0.3 is 0 Å². The van der Waals surface area contributed by atoms with Crippen LogP contribution in [0.3, 0.4) is 0 Å². The van der Waals surface area contributed by atoms with Gasteiger partial charge in [0.05, 0.1) is 0 Å². The van der Waals surface area contributed by atoms with Crippen LogP contribution in [0.25, 0.3) is 0 Å². The first-order chi connectivity index (χ1) is 11.1. The molecule has 1 atom stereocenters. The van der Waals surface area contributed by atoms with E-state index in [4.69, 9.17) is 0 Å². The van der Waals surface area contributed by atoms with E-state index >= 15 is 0 Å². The molecule has 0 aromatic heterocycles. The third-order valence-corrected chi connectivity index (χ3v) is 6.37. The van der Waals surface area contributed by atoms with Crippen molar-refractivity contribution in [3.63, 3.8) is 0 Å². The Morgan fingerprint density at radius 1 is 0.957 bits per heavy atom. The molecule has 0 radical (unpaired) electrons. The average Bonchev–Trinajstić information content (AvgIpc) is 2.57. The van der Waals surface area contributed by atoms with E-state index in [9.17, 15) is 0 Å². The van der Waals surface area contributed by atoms with Crippen molar-refractivity contribution in [2.45, 2.75) is 38.0 Å². The highest BCUT2D eigenvalue weighted by Crippen LogP contribution is 2.50. The van der Waals surface area contributed by atoms with Crippen LogP contribution in [0.2, 0.25) is 0 Å². The van der Waals surface area contributed by atoms with Gasteiger partial charge in [0.25, 0.3) is 0 Å². The minimum absolute atomic E-state index is 0.0485. The molecule has 0 bridgehead atoms. The summed E-state index contributed by atoms with van der Waals surface area (Å²) < 4.78 is 2.25. The molecule has 1 saturated carbocycles. The summed E-state index contributed by atoms with van der Waals surface area (Å²) in [5.74, 6) is 0.779. The molecule has 0 N–H and O–H groups in total. The maximum atomic E-state index is 4.54. The molecule has 0 saturated heterocycles. The lowest BCUT2D eigenvalue weighted by Crippen LogP contribution is -2.35. The molecule has 2 heteroatoms. The van der Waals surface area contributed by atoms with Crippen LogP contribution in [-0.4, -0.2) is 0 Å². The second-order valence-corrected chi connectivity index (χ2v) is 8.37. The third kappa shape index (κ3) is 3.21. The van der Waals surface area contributed by atoms with E-state index < -0.39 is 0 Å². The van der Waals surface area contributed by atoms with Gasteiger partial charge in [-0.25, -0.2) is 0 Å². The Balaban J connectivity index is 2.12. The SMILES string of the molecule is C=C1CC(CC)CCC1(c1ccc(Br)cc1)c1ccc(Br)cc1. The molecule has 1 aliphatic rings. The Labute approximate surface area is 156 Å². The molecular weight excluding hydrogens is 412 g/mol. The summed E-state index contributed by atoms with van der Waals surface area (Å²) in [4.78, 5) is 0. The van der Waals surface area contributed by atoms with E-state index in [2.05, 4.69) is 93.9 Å². The van der Waals surface area contributed by atoms with Gasteiger partial charge in [0.2, 0.25) is 0 Å². The molecule has 0 amide bonds. The summed E-state index contributed by atoms with van der Waals surface area (Å²) in [6.07, 6.45) is 4.79. The number of rotatable bonds is 3. The Bertz CT molecular complexity index is 637. The molecular formula is C21H22Br2. The first-order valence-corrected chi connectivity index (χ1v) is 9.85. The van der Waals surface area contributed by atoms with Crippen molar-refractivity contribution in [3.8, 4) is 0 Å². The highest BCUT2D eigenvalue weighted by Gasteiger charge is 2.40. The van der Waals surface area contributed by atoms with Crippen LogP contribution < -0.4 is 0 Å². The van der Waals surface area contributed by atoms with Crippen LogP contribution in [0.5, 0.6) is 0 Å². The van der Waals surface area contributed by atoms with Crippen molar-refractivity contribution in [2.24, 2.45) is 5.92 Å². The van der Waals surface area contributed by atoms with Gasteiger partial charge in [-0.15, -0.1) is 0 Å². The molecule has 0 nitrogen and oxygen atoms in total. The molecule has 1 unspecified atom stereocenters. The van der Waals surface area contributed by atoms with Crippen molar-refractivity contribution in [1.82, 2.24) is 0 Å². The summed E-state index contributed by atoms with van der Waals surface area (Å²) in [5.41, 5.74) is 4.04. The van der Waals surface area contributed by atoms with Crippen molar-refractivity contribution in [3.05, 3.63) is 80.8 Å². The van der Waals surface area contributed by atoms with Crippen LogP contribution in [0.4, 0.5) is 0 Å². The number of hydrogen-bond acceptors (Lipinski definition) is 0. The lowest BCUT2D eigenvalue weighted by Gasteiger charge is -2.43. The monoisotopic (exact) mass is 432 g/mol. The summed E-state index contributed by atoms with van der Waals surface area (Å²) >= 11 is 7.12. The predicted octanol–water partition coefficient (Wildman–Crippen LogP) is 7.26. The second kappa shape index (κ2) is 6.94. The summed E-state index contributed by atoms with van der Waals surface area (Å²) in [6.45, 7) is 6.84. The second-order valence-electron chi connectivity index (χ2n) is 6.54. The van der Waals surface area contributed by atoms with Crippen molar-refractivity contribution >= 4 is 31.9 Å². The largest absolute Gasteiger partial charge is 0.0986 e. The average molecular weight is 434 g/mol. The highest BCUT2D eigenvalue weighted by molar-refractivity contribution is 9.10. The number of allylic oxidation sites excluding steroid dienone is 1. The van der Waals surface area contributed by atoms with E-state index in [0.29, 0.717) is 0 Å². The van der Waals surface area contributed by atoms with Crippen LogP contribution in [-0.2, 0) is 5.41 Å². The summed E-state index contributed by atoms with van der Waals surface area (Å²) in [6, 6.07) is 17.6. The normalized spacial score (nSPS) is 20.5. The van der Waals surface area contributed by atoms with Gasteiger partial charge in [0.1, 0.15) is 0 Å². The quantitative estimate of drug-likeness (QED) is 0.446. The minimum atomic E-state index is -0.0485. The van der Waals surface area contributed by atoms with Crippen LogP contribution >= 0.6 is 31.9 Å². The summed E-state index contributed by atoms with van der Waals surface area (Å²) in [7, 11) is 0. The molecule has 0 heterocycles. The topological polar surface area (TPSA) is 0 Å². The first kappa shape index (κ1) is 17.0. The fourth-order valence-electron chi connectivity index (χ4n) is 3.90. The maximum absolute atomic E-state index is 4.54. The smallest absolute Gasteiger partial charge is 0.0408 e. The number of benzene rings is 2. The van der Waals surface area contributed by atoms with Gasteiger partial charge in [-0.3, -0.25) is 0 Å². The zero-order valence-electron chi connectivity index (χ0n) is 13.5. The van der Waals surface area contributed by atoms with E-state index in [1.807, 2.05) is 0 Å². The molecule has 23 heavy (non-hydrogen) atoms. The van der Waals surface area contributed by atoms with Crippen molar-refractivity contribution < 1.29 is 0 Å². The zero-order chi connectivity index (χ0) is 16.4. The van der Waals surface area contributed by atoms with Gasteiger partial charge in [0, 0.05) is 14.4 Å². The first-order valence-electron chi connectivity index (χ1n) is 8.26. The highest BCUT2D eigenvalue weighted by atomic mass is 79.9. The molecule has 1 fully saturated rings. The molecule has 120 valence electrons. The maximum Gasteiger partial charge on any atom is 0.0408 e. The Hall–Kier alpha value is -0.860. The van der Waals surface area contributed by atoms with E-state index in [1.165, 1.54) is 29.5 Å². The Morgan fingerprint density at radius 2 is 1.43 bits per heavy atom. The lowest BCUT2D eigenvalue weighted by molar-refractivity contribution is 0.335. The Kier molecular flexibility index (Phi) is 5.13. The minimum Gasteiger partial charge on any atom is -0.0986 e. The van der Waals surface area contributed by atoms with Crippen LogP contribution in [0.1, 0.15) is 43.7 Å². The number of hydrogen-bond donors (Lipinski definition) is 0. The van der Waals surface area contributed by atoms with Gasteiger partial charge in [-0.2, -0.15) is 0 Å². The molecule has 3 rings (SSSR count). The van der Waals surface area contributed by atoms with Crippen LogP contribution in [0, 0.1) is 5.92 Å². The third-order valence-electron chi connectivity index (χ3n) is 5.32. The predicted molar refractivity (Wildman–Crippen MR) is 106 cm³/mol. The lowest BCUT2D eigenvalue weighted by atomic mass is 9.60. The summed E-state index contributed by atoms with van der Waals surface area (Å²) in [5, 5.41) is 0. The molecule has 0 aliphatic heterocycles. The zero-order valence-corrected chi connectivity index (χ0v) is 16.7. The molecule has 1 aliphatic carbocycles. The van der Waals surface area contributed by atoms with E-state index in [-0.39, 0.29) is 5.41 Å². The molecule has 2 aromatic rings. The fourth-order valence-corrected chi connectivity index (χ4v) is 4.43. The van der Waals surface area contributed by atoms with Crippen molar-refractivity contribution in [1.29, 1.82) is 0 Å². The Morgan fingerprint density at radius 3 is 1.83 bits per heavy atom. The van der Waals surface area contributed by atoms with Gasteiger partial charge < -0.3 is 0 Å². The van der Waals surface area contributed by atoms with Gasteiger partial charge in [-0.1, -0.05) is 81.6 Å². The van der Waals surface area contributed by atoms with E-state index in [1.54, 1.807) is 0 Å². The van der Waals surface area contributed by atoms with Gasteiger partial charge in [-0.05, 0) is 60.6 Å². The van der Waals surface area contributed by atoms with Crippen LogP contribution in [0.15, 0.2) is 69.6 Å². The van der Waals surface area contributed by atoms with Crippen molar-refractivity contribution in [2.75, 3.05) is 0 Å². The molecule has 0 spiro atoms. The molecule has 2 aromatic carbocycles. The standard InChI is InChI=1S/C21H22Br2/c1-3-16-12-13-21(15(2)14-16,17-4-8-19(22)9-5-17)18-6-10-20(23)11-7-18/h4-11,16H,2-3,12-14H2,1H3. The number of halogens is 2. The van der Waals surface area contributed by atoms with E-state index in [0.717, 1.165) is 27.7 Å². The van der Waals surface area contributed by atoms with Gasteiger partial charge in [0.15, 0.2) is 0 Å². The fraction of sp³-hybridized carbons (Fsp3) is 0.333.